The molecule has 1 heterocycles. The first kappa shape index (κ1) is 14.8. The molecule has 20 heavy (non-hydrogen) atoms. The van der Waals surface area contributed by atoms with Crippen LogP contribution in [0.3, 0.4) is 0 Å². The average molecular weight is 279 g/mol. The number of nitrogens with zero attached hydrogens (tertiary/aromatic N) is 1. The van der Waals surface area contributed by atoms with Crippen LogP contribution in [0.5, 0.6) is 5.75 Å². The number of aromatic hydroxyl groups is 1. The van der Waals surface area contributed by atoms with E-state index in [0.717, 1.165) is 25.3 Å². The number of rotatable bonds is 3. The molecule has 1 aliphatic rings. The Morgan fingerprint density at radius 2 is 2.20 bits per heavy atom. The second-order valence-electron chi connectivity index (χ2n) is 5.54. The zero-order chi connectivity index (χ0) is 14.5. The van der Waals surface area contributed by atoms with Crippen LogP contribution in [0.25, 0.3) is 0 Å². The summed E-state index contributed by atoms with van der Waals surface area (Å²) in [6, 6.07) is 3.71. The molecule has 0 bridgehead atoms. The summed E-state index contributed by atoms with van der Waals surface area (Å²) in [7, 11) is 0. The number of hydrogen-bond donors (Lipinski definition) is 1. The summed E-state index contributed by atoms with van der Waals surface area (Å²) in [6.07, 6.45) is 5.51. The number of amides is 1. The van der Waals surface area contributed by atoms with E-state index in [0.29, 0.717) is 19.0 Å². The lowest BCUT2D eigenvalue weighted by Gasteiger charge is -2.21. The van der Waals surface area contributed by atoms with Crippen LogP contribution in [0.15, 0.2) is 18.2 Å². The lowest BCUT2D eigenvalue weighted by molar-refractivity contribution is 0.0755. The van der Waals surface area contributed by atoms with E-state index >= 15 is 0 Å². The molecule has 110 valence electrons. The molecule has 0 spiro atoms. The zero-order valence-electron chi connectivity index (χ0n) is 11.9. The number of hydrogen-bond acceptors (Lipinski definition) is 2. The van der Waals surface area contributed by atoms with Gasteiger partial charge in [0, 0.05) is 19.2 Å². The van der Waals surface area contributed by atoms with Crippen molar-refractivity contribution in [2.24, 2.45) is 5.92 Å². The van der Waals surface area contributed by atoms with Gasteiger partial charge in [0.05, 0.1) is 5.56 Å². The van der Waals surface area contributed by atoms with Crippen molar-refractivity contribution in [2.45, 2.75) is 39.0 Å². The van der Waals surface area contributed by atoms with Crippen LogP contribution in [-0.4, -0.2) is 29.0 Å². The molecule has 2 rings (SSSR count). The zero-order valence-corrected chi connectivity index (χ0v) is 11.9. The molecule has 4 heteroatoms. The van der Waals surface area contributed by atoms with Crippen LogP contribution >= 0.6 is 0 Å². The fourth-order valence-corrected chi connectivity index (χ4v) is 2.91. The van der Waals surface area contributed by atoms with Crippen molar-refractivity contribution in [3.63, 3.8) is 0 Å². The number of phenols is 1. The van der Waals surface area contributed by atoms with Crippen LogP contribution in [0.2, 0.25) is 0 Å². The normalized spacial score (nSPS) is 19.7. The summed E-state index contributed by atoms with van der Waals surface area (Å²) in [5.41, 5.74) is 0.0525. The smallest absolute Gasteiger partial charge is 0.256 e. The van der Waals surface area contributed by atoms with Crippen molar-refractivity contribution in [1.82, 2.24) is 4.90 Å². The molecule has 0 saturated carbocycles. The minimum Gasteiger partial charge on any atom is -0.508 e. The molecule has 0 aliphatic carbocycles. The van der Waals surface area contributed by atoms with E-state index in [1.807, 2.05) is 0 Å². The highest BCUT2D eigenvalue weighted by atomic mass is 19.1. The van der Waals surface area contributed by atoms with Gasteiger partial charge in [-0.3, -0.25) is 4.79 Å². The monoisotopic (exact) mass is 279 g/mol. The lowest BCUT2D eigenvalue weighted by Crippen LogP contribution is -2.32. The third kappa shape index (κ3) is 3.50. The summed E-state index contributed by atoms with van der Waals surface area (Å²) in [4.78, 5) is 14.1. The molecule has 0 aromatic heterocycles. The van der Waals surface area contributed by atoms with Crippen molar-refractivity contribution in [1.29, 1.82) is 0 Å². The van der Waals surface area contributed by atoms with Gasteiger partial charge >= 0.3 is 0 Å². The largest absolute Gasteiger partial charge is 0.508 e. The van der Waals surface area contributed by atoms with Crippen molar-refractivity contribution < 1.29 is 14.3 Å². The molecule has 1 unspecified atom stereocenters. The molecule has 1 amide bonds. The van der Waals surface area contributed by atoms with E-state index in [4.69, 9.17) is 0 Å². The van der Waals surface area contributed by atoms with Gasteiger partial charge < -0.3 is 10.0 Å². The number of carbonyl (C=O) groups excluding carboxylic acids is 1. The molecule has 0 radical (unpaired) electrons. The van der Waals surface area contributed by atoms with Gasteiger partial charge in [0.1, 0.15) is 11.6 Å². The maximum absolute atomic E-state index is 13.7. The molecule has 1 N–H and O–H groups in total. The standard InChI is InChI=1S/C16H22FNO2/c1-2-4-12-5-3-9-18(10-8-12)16(20)14-7-6-13(19)11-15(14)17/h6-7,11-12,19H,2-5,8-10H2,1H3. The first-order valence-corrected chi connectivity index (χ1v) is 7.39. The first-order valence-electron chi connectivity index (χ1n) is 7.39. The van der Waals surface area contributed by atoms with E-state index in [2.05, 4.69) is 6.92 Å². The van der Waals surface area contributed by atoms with Gasteiger partial charge in [-0.25, -0.2) is 4.39 Å². The van der Waals surface area contributed by atoms with Gasteiger partial charge in [-0.1, -0.05) is 19.8 Å². The molecule has 1 saturated heterocycles. The van der Waals surface area contributed by atoms with E-state index in [1.165, 1.54) is 25.0 Å². The average Bonchev–Trinajstić information content (AvgIpc) is 2.64. The van der Waals surface area contributed by atoms with E-state index in [1.54, 1.807) is 4.90 Å². The lowest BCUT2D eigenvalue weighted by atomic mass is 9.96. The SMILES string of the molecule is CCCC1CCCN(C(=O)c2ccc(O)cc2F)CC1. The fraction of sp³-hybridized carbons (Fsp3) is 0.562. The van der Waals surface area contributed by atoms with Gasteiger partial charge in [0.15, 0.2) is 0 Å². The van der Waals surface area contributed by atoms with Crippen molar-refractivity contribution >= 4 is 5.91 Å². The van der Waals surface area contributed by atoms with Gasteiger partial charge in [0.25, 0.3) is 5.91 Å². The van der Waals surface area contributed by atoms with Crippen molar-refractivity contribution in [2.75, 3.05) is 13.1 Å². The molecule has 1 aromatic rings. The first-order chi connectivity index (χ1) is 9.61. The number of benzene rings is 1. The number of carbonyl (C=O) groups is 1. The Labute approximate surface area is 119 Å². The Bertz CT molecular complexity index is 476. The maximum atomic E-state index is 13.7. The molecule has 1 atom stereocenters. The van der Waals surface area contributed by atoms with Gasteiger partial charge in [0.2, 0.25) is 0 Å². The summed E-state index contributed by atoms with van der Waals surface area (Å²) in [5.74, 6) is -0.385. The summed E-state index contributed by atoms with van der Waals surface area (Å²) >= 11 is 0. The second kappa shape index (κ2) is 6.73. The molecule has 3 nitrogen and oxygen atoms in total. The van der Waals surface area contributed by atoms with Crippen LogP contribution in [0.4, 0.5) is 4.39 Å². The highest BCUT2D eigenvalue weighted by Gasteiger charge is 2.23. The molecular weight excluding hydrogens is 257 g/mol. The van der Waals surface area contributed by atoms with Crippen LogP contribution in [0, 0.1) is 11.7 Å². The Morgan fingerprint density at radius 3 is 2.90 bits per heavy atom. The Kier molecular flexibility index (Phi) is 4.99. The molecular formula is C16H22FNO2. The Morgan fingerprint density at radius 1 is 1.40 bits per heavy atom. The Balaban J connectivity index is 2.05. The van der Waals surface area contributed by atoms with Gasteiger partial charge in [-0.2, -0.15) is 0 Å². The highest BCUT2D eigenvalue weighted by Crippen LogP contribution is 2.24. The molecule has 1 fully saturated rings. The quantitative estimate of drug-likeness (QED) is 0.918. The van der Waals surface area contributed by atoms with Gasteiger partial charge in [-0.15, -0.1) is 0 Å². The molecule has 1 aliphatic heterocycles. The maximum Gasteiger partial charge on any atom is 0.256 e. The highest BCUT2D eigenvalue weighted by molar-refractivity contribution is 5.94. The number of phenolic OH excluding ortho intramolecular Hbond substituents is 1. The molecule has 1 aromatic carbocycles. The summed E-state index contributed by atoms with van der Waals surface area (Å²) in [6.45, 7) is 3.57. The summed E-state index contributed by atoms with van der Waals surface area (Å²) < 4.78 is 13.7. The van der Waals surface area contributed by atoms with E-state index in [-0.39, 0.29) is 17.2 Å². The third-order valence-electron chi connectivity index (χ3n) is 4.01. The van der Waals surface area contributed by atoms with E-state index < -0.39 is 5.82 Å². The minimum absolute atomic E-state index is 0.0525. The predicted molar refractivity (Wildman–Crippen MR) is 76.2 cm³/mol. The number of halogens is 1. The van der Waals surface area contributed by atoms with Crippen LogP contribution in [-0.2, 0) is 0 Å². The second-order valence-corrected chi connectivity index (χ2v) is 5.54. The van der Waals surface area contributed by atoms with Crippen molar-refractivity contribution in [3.8, 4) is 5.75 Å². The van der Waals surface area contributed by atoms with Gasteiger partial charge in [-0.05, 0) is 37.3 Å². The van der Waals surface area contributed by atoms with Crippen molar-refractivity contribution in [3.05, 3.63) is 29.6 Å². The number of likely N-dealkylation sites (tertiary alicyclic amines) is 1. The van der Waals surface area contributed by atoms with Crippen LogP contribution in [0.1, 0.15) is 49.4 Å². The fourth-order valence-electron chi connectivity index (χ4n) is 2.91. The Hall–Kier alpha value is -1.58. The minimum atomic E-state index is -0.649. The van der Waals surface area contributed by atoms with E-state index in [9.17, 15) is 14.3 Å². The third-order valence-corrected chi connectivity index (χ3v) is 4.01. The topological polar surface area (TPSA) is 40.5 Å². The summed E-state index contributed by atoms with van der Waals surface area (Å²) in [5, 5.41) is 9.20. The predicted octanol–water partition coefficient (Wildman–Crippen LogP) is 3.57. The van der Waals surface area contributed by atoms with Crippen LogP contribution < -0.4 is 0 Å².